The lowest BCUT2D eigenvalue weighted by atomic mass is 9.58. The highest BCUT2D eigenvalue weighted by Crippen LogP contribution is 2.48. The molecule has 158 valence electrons. The smallest absolute Gasteiger partial charge is 0.287 e. The van der Waals surface area contributed by atoms with Crippen molar-refractivity contribution in [1.82, 2.24) is 16.0 Å². The van der Waals surface area contributed by atoms with Gasteiger partial charge in [-0.25, -0.2) is 0 Å². The fourth-order valence-electron chi connectivity index (χ4n) is 4.13. The van der Waals surface area contributed by atoms with Crippen molar-refractivity contribution < 1.29 is 13.9 Å². The van der Waals surface area contributed by atoms with E-state index in [1.54, 1.807) is 13.1 Å². The Hall–Kier alpha value is -2.02. The molecule has 0 aliphatic heterocycles. The van der Waals surface area contributed by atoms with Gasteiger partial charge < -0.3 is 25.1 Å². The number of ether oxygens (including phenoxy) is 1. The molecule has 0 bridgehead atoms. The van der Waals surface area contributed by atoms with Gasteiger partial charge in [0.15, 0.2) is 11.7 Å². The summed E-state index contributed by atoms with van der Waals surface area (Å²) in [4.78, 5) is 16.4. The largest absolute Gasteiger partial charge is 0.459 e. The van der Waals surface area contributed by atoms with E-state index in [1.807, 2.05) is 6.92 Å². The number of furan rings is 1. The van der Waals surface area contributed by atoms with Gasteiger partial charge in [-0.15, -0.1) is 0 Å². The van der Waals surface area contributed by atoms with Crippen molar-refractivity contribution in [3.8, 4) is 0 Å². The Balaban J connectivity index is 1.73. The summed E-state index contributed by atoms with van der Waals surface area (Å²) in [6.07, 6.45) is 5.83. The molecule has 1 amide bonds. The fourth-order valence-corrected chi connectivity index (χ4v) is 4.13. The van der Waals surface area contributed by atoms with E-state index in [9.17, 15) is 4.79 Å². The first-order valence-corrected chi connectivity index (χ1v) is 10.4. The molecular weight excluding hydrogens is 356 g/mol. The summed E-state index contributed by atoms with van der Waals surface area (Å²) in [6, 6.07) is 2.15. The molecule has 1 aromatic heterocycles. The second-order valence-electron chi connectivity index (χ2n) is 7.36. The number of hydrogen-bond acceptors (Lipinski definition) is 4. The standard InChI is InChI=1S/C21H36N4O3/c1-6-21(7-2)16(14-17(21)27-8-3)25-20(22-5)24-12-9-11-23-19(26)18-15(4)10-13-28-18/h10,13,16-17H,6-9,11-12,14H2,1-5H3,(H,23,26)(H2,22,24,25). The maximum Gasteiger partial charge on any atom is 0.287 e. The van der Waals surface area contributed by atoms with Gasteiger partial charge in [-0.2, -0.15) is 0 Å². The van der Waals surface area contributed by atoms with Crippen LogP contribution in [0.2, 0.25) is 0 Å². The van der Waals surface area contributed by atoms with Crippen LogP contribution in [0.15, 0.2) is 21.7 Å². The molecule has 1 aliphatic carbocycles. The molecule has 7 heteroatoms. The van der Waals surface area contributed by atoms with E-state index in [-0.39, 0.29) is 11.3 Å². The number of hydrogen-bond donors (Lipinski definition) is 3. The summed E-state index contributed by atoms with van der Waals surface area (Å²) in [6.45, 7) is 10.5. The number of nitrogens with zero attached hydrogens (tertiary/aromatic N) is 1. The summed E-state index contributed by atoms with van der Waals surface area (Å²) in [7, 11) is 1.79. The Morgan fingerprint density at radius 3 is 2.57 bits per heavy atom. The van der Waals surface area contributed by atoms with E-state index >= 15 is 0 Å². The maximum absolute atomic E-state index is 12.0. The number of aliphatic imine (C=N–C) groups is 1. The minimum Gasteiger partial charge on any atom is -0.459 e. The molecule has 0 aromatic carbocycles. The van der Waals surface area contributed by atoms with E-state index < -0.39 is 0 Å². The van der Waals surface area contributed by atoms with Gasteiger partial charge in [-0.1, -0.05) is 13.8 Å². The molecule has 1 fully saturated rings. The molecule has 3 N–H and O–H groups in total. The number of carbonyl (C=O) groups excluding carboxylic acids is 1. The van der Waals surface area contributed by atoms with Gasteiger partial charge in [0, 0.05) is 43.8 Å². The van der Waals surface area contributed by atoms with Crippen LogP contribution in [0, 0.1) is 12.3 Å². The van der Waals surface area contributed by atoms with Crippen LogP contribution in [-0.2, 0) is 4.74 Å². The molecule has 1 heterocycles. The summed E-state index contributed by atoms with van der Waals surface area (Å²) in [5.41, 5.74) is 1.02. The lowest BCUT2D eigenvalue weighted by molar-refractivity contribution is -0.133. The van der Waals surface area contributed by atoms with Crippen molar-refractivity contribution in [2.75, 3.05) is 26.7 Å². The lowest BCUT2D eigenvalue weighted by Crippen LogP contribution is -2.65. The third-order valence-corrected chi connectivity index (χ3v) is 6.00. The van der Waals surface area contributed by atoms with Crippen molar-refractivity contribution >= 4 is 11.9 Å². The zero-order valence-electron chi connectivity index (χ0n) is 17.9. The van der Waals surface area contributed by atoms with Gasteiger partial charge in [0.05, 0.1) is 12.4 Å². The molecule has 2 rings (SSSR count). The van der Waals surface area contributed by atoms with Crippen LogP contribution in [0.3, 0.4) is 0 Å². The fraction of sp³-hybridized carbons (Fsp3) is 0.714. The first-order chi connectivity index (χ1) is 13.5. The highest BCUT2D eigenvalue weighted by Gasteiger charge is 2.53. The number of guanidine groups is 1. The quantitative estimate of drug-likeness (QED) is 0.324. The summed E-state index contributed by atoms with van der Waals surface area (Å²) < 4.78 is 11.1. The Bertz CT molecular complexity index is 652. The van der Waals surface area contributed by atoms with Gasteiger partial charge in [-0.3, -0.25) is 9.79 Å². The van der Waals surface area contributed by atoms with E-state index in [1.165, 1.54) is 6.26 Å². The molecular formula is C21H36N4O3. The monoisotopic (exact) mass is 392 g/mol. The van der Waals surface area contributed by atoms with Crippen molar-refractivity contribution in [3.05, 3.63) is 23.7 Å². The van der Waals surface area contributed by atoms with Crippen LogP contribution in [0.5, 0.6) is 0 Å². The van der Waals surface area contributed by atoms with Crippen molar-refractivity contribution in [2.45, 2.75) is 65.5 Å². The third-order valence-electron chi connectivity index (χ3n) is 6.00. The molecule has 28 heavy (non-hydrogen) atoms. The SMILES string of the molecule is CCOC1CC(NC(=NC)NCCCNC(=O)c2occc2C)C1(CC)CC. The molecule has 7 nitrogen and oxygen atoms in total. The minimum atomic E-state index is -0.169. The zero-order chi connectivity index (χ0) is 20.6. The summed E-state index contributed by atoms with van der Waals surface area (Å²) in [5, 5.41) is 9.80. The Morgan fingerprint density at radius 2 is 2.00 bits per heavy atom. The van der Waals surface area contributed by atoms with Crippen LogP contribution in [-0.4, -0.2) is 50.8 Å². The van der Waals surface area contributed by atoms with Crippen molar-refractivity contribution in [2.24, 2.45) is 10.4 Å². The third kappa shape index (κ3) is 4.87. The topological polar surface area (TPSA) is 87.9 Å². The first-order valence-electron chi connectivity index (χ1n) is 10.4. The van der Waals surface area contributed by atoms with Gasteiger partial charge >= 0.3 is 0 Å². The van der Waals surface area contributed by atoms with Crippen LogP contribution < -0.4 is 16.0 Å². The predicted molar refractivity (Wildman–Crippen MR) is 112 cm³/mol. The molecule has 1 saturated carbocycles. The maximum atomic E-state index is 12.0. The number of carbonyl (C=O) groups is 1. The van der Waals surface area contributed by atoms with E-state index in [0.717, 1.165) is 50.4 Å². The second kappa shape index (κ2) is 10.5. The van der Waals surface area contributed by atoms with E-state index in [4.69, 9.17) is 9.15 Å². The number of amides is 1. The molecule has 0 spiro atoms. The summed E-state index contributed by atoms with van der Waals surface area (Å²) in [5.74, 6) is 1.02. The van der Waals surface area contributed by atoms with Crippen LogP contribution in [0.4, 0.5) is 0 Å². The Kier molecular flexibility index (Phi) is 8.35. The first kappa shape index (κ1) is 22.3. The van der Waals surface area contributed by atoms with Crippen molar-refractivity contribution in [1.29, 1.82) is 0 Å². The van der Waals surface area contributed by atoms with Crippen LogP contribution in [0.25, 0.3) is 0 Å². The average molecular weight is 393 g/mol. The number of aryl methyl sites for hydroxylation is 1. The van der Waals surface area contributed by atoms with Crippen LogP contribution >= 0.6 is 0 Å². The van der Waals surface area contributed by atoms with Gasteiger partial charge in [0.25, 0.3) is 5.91 Å². The van der Waals surface area contributed by atoms with Gasteiger partial charge in [0.2, 0.25) is 0 Å². The van der Waals surface area contributed by atoms with Crippen LogP contribution in [0.1, 0.15) is 62.6 Å². The minimum absolute atomic E-state index is 0.169. The van der Waals surface area contributed by atoms with Gasteiger partial charge in [0.1, 0.15) is 0 Å². The molecule has 2 atom stereocenters. The number of nitrogens with one attached hydrogen (secondary N) is 3. The lowest BCUT2D eigenvalue weighted by Gasteiger charge is -2.55. The Labute approximate surface area is 168 Å². The highest BCUT2D eigenvalue weighted by atomic mass is 16.5. The summed E-state index contributed by atoms with van der Waals surface area (Å²) >= 11 is 0. The zero-order valence-corrected chi connectivity index (χ0v) is 17.9. The van der Waals surface area contributed by atoms with Gasteiger partial charge in [-0.05, 0) is 45.6 Å². The highest BCUT2D eigenvalue weighted by molar-refractivity contribution is 5.92. The molecule has 1 aromatic rings. The van der Waals surface area contributed by atoms with Crippen molar-refractivity contribution in [3.63, 3.8) is 0 Å². The molecule has 0 radical (unpaired) electrons. The average Bonchev–Trinajstić information content (AvgIpc) is 3.12. The predicted octanol–water partition coefficient (Wildman–Crippen LogP) is 2.86. The Morgan fingerprint density at radius 1 is 1.29 bits per heavy atom. The second-order valence-corrected chi connectivity index (χ2v) is 7.36. The molecule has 2 unspecified atom stereocenters. The van der Waals surface area contributed by atoms with E-state index in [0.29, 0.717) is 24.5 Å². The number of rotatable bonds is 10. The normalized spacial score (nSPS) is 21.1. The molecule has 0 saturated heterocycles. The van der Waals surface area contributed by atoms with E-state index in [2.05, 4.69) is 41.7 Å². The molecule has 1 aliphatic rings.